The molecule has 1 aliphatic carbocycles. The summed E-state index contributed by atoms with van der Waals surface area (Å²) in [6.07, 6.45) is 8.78. The Labute approximate surface area is 98.4 Å². The zero-order valence-corrected chi connectivity index (χ0v) is 10.3. The van der Waals surface area contributed by atoms with Gasteiger partial charge in [0.15, 0.2) is 0 Å². The van der Waals surface area contributed by atoms with Crippen molar-refractivity contribution in [1.82, 2.24) is 10.6 Å². The zero-order valence-electron chi connectivity index (χ0n) is 10.3. The molecular formula is C13H24N2O. The van der Waals surface area contributed by atoms with E-state index in [1.54, 1.807) is 0 Å². The first-order valence-corrected chi connectivity index (χ1v) is 6.81. The highest BCUT2D eigenvalue weighted by Crippen LogP contribution is 2.26. The molecule has 3 nitrogen and oxygen atoms in total. The summed E-state index contributed by atoms with van der Waals surface area (Å²) >= 11 is 0. The molecule has 0 bridgehead atoms. The predicted octanol–water partition coefficient (Wildman–Crippen LogP) is 1.82. The number of hydrogen-bond acceptors (Lipinski definition) is 2. The normalized spacial score (nSPS) is 28.9. The molecule has 1 heterocycles. The van der Waals surface area contributed by atoms with Crippen molar-refractivity contribution in [2.24, 2.45) is 5.92 Å². The van der Waals surface area contributed by atoms with Gasteiger partial charge in [-0.2, -0.15) is 0 Å². The van der Waals surface area contributed by atoms with Crippen LogP contribution in [0.2, 0.25) is 0 Å². The van der Waals surface area contributed by atoms with Crippen molar-refractivity contribution >= 4 is 5.91 Å². The van der Waals surface area contributed by atoms with Gasteiger partial charge in [-0.15, -0.1) is 0 Å². The van der Waals surface area contributed by atoms with Gasteiger partial charge < -0.3 is 10.6 Å². The van der Waals surface area contributed by atoms with E-state index in [0.717, 1.165) is 19.4 Å². The van der Waals surface area contributed by atoms with Crippen LogP contribution in [-0.2, 0) is 4.79 Å². The lowest BCUT2D eigenvalue weighted by Crippen LogP contribution is -2.46. The van der Waals surface area contributed by atoms with Gasteiger partial charge in [0, 0.05) is 6.04 Å². The molecule has 0 spiro atoms. The molecule has 2 fully saturated rings. The van der Waals surface area contributed by atoms with Crippen LogP contribution in [0.3, 0.4) is 0 Å². The maximum Gasteiger partial charge on any atom is 0.237 e. The first-order chi connectivity index (χ1) is 7.77. The Kier molecular flexibility index (Phi) is 4.22. The molecular weight excluding hydrogens is 200 g/mol. The minimum Gasteiger partial charge on any atom is -0.352 e. The van der Waals surface area contributed by atoms with Crippen LogP contribution in [-0.4, -0.2) is 24.5 Å². The van der Waals surface area contributed by atoms with E-state index < -0.39 is 0 Å². The first kappa shape index (κ1) is 11.9. The van der Waals surface area contributed by atoms with Crippen molar-refractivity contribution < 1.29 is 4.79 Å². The number of carbonyl (C=O) groups excluding carboxylic acids is 1. The standard InChI is InChI=1S/C13H24N2O/c1-10(11-6-3-2-4-7-11)15-13(16)12-8-5-9-14-12/h10-12,14H,2-9H2,1H3,(H,15,16)/t10-,12?/m0/s1. The van der Waals surface area contributed by atoms with Crippen LogP contribution in [0, 0.1) is 5.92 Å². The van der Waals surface area contributed by atoms with Crippen molar-refractivity contribution in [2.45, 2.75) is 64.0 Å². The Bertz CT molecular complexity index is 230. The summed E-state index contributed by atoms with van der Waals surface area (Å²) in [5.41, 5.74) is 0. The van der Waals surface area contributed by atoms with Gasteiger partial charge in [-0.25, -0.2) is 0 Å². The number of amides is 1. The number of rotatable bonds is 3. The molecule has 0 aromatic heterocycles. The van der Waals surface area contributed by atoms with Crippen LogP contribution in [0.1, 0.15) is 51.9 Å². The van der Waals surface area contributed by atoms with Crippen LogP contribution in [0.4, 0.5) is 0 Å². The SMILES string of the molecule is C[C@H](NC(=O)C1CCCN1)C1CCCCC1. The summed E-state index contributed by atoms with van der Waals surface area (Å²) in [4.78, 5) is 11.9. The lowest BCUT2D eigenvalue weighted by molar-refractivity contribution is -0.123. The molecule has 2 N–H and O–H groups in total. The summed E-state index contributed by atoms with van der Waals surface area (Å²) in [5.74, 6) is 0.926. The van der Waals surface area contributed by atoms with Crippen molar-refractivity contribution in [3.8, 4) is 0 Å². The van der Waals surface area contributed by atoms with Gasteiger partial charge in [-0.05, 0) is 45.1 Å². The molecule has 0 aromatic carbocycles. The minimum atomic E-state index is 0.0750. The molecule has 2 atom stereocenters. The van der Waals surface area contributed by atoms with Gasteiger partial charge in [0.05, 0.1) is 6.04 Å². The zero-order chi connectivity index (χ0) is 11.4. The maximum atomic E-state index is 11.9. The third-order valence-corrected chi connectivity index (χ3v) is 4.10. The second-order valence-corrected chi connectivity index (χ2v) is 5.34. The molecule has 92 valence electrons. The van der Waals surface area contributed by atoms with E-state index >= 15 is 0 Å². The van der Waals surface area contributed by atoms with Gasteiger partial charge in [-0.1, -0.05) is 19.3 Å². The van der Waals surface area contributed by atoms with E-state index in [1.165, 1.54) is 32.1 Å². The van der Waals surface area contributed by atoms with E-state index in [9.17, 15) is 4.79 Å². The van der Waals surface area contributed by atoms with Gasteiger partial charge in [0.2, 0.25) is 5.91 Å². The molecule has 0 aromatic rings. The number of nitrogens with one attached hydrogen (secondary N) is 2. The summed E-state index contributed by atoms with van der Waals surface area (Å²) in [7, 11) is 0. The second kappa shape index (κ2) is 5.67. The van der Waals surface area contributed by atoms with Gasteiger partial charge in [0.25, 0.3) is 0 Å². The highest BCUT2D eigenvalue weighted by Gasteiger charge is 2.26. The monoisotopic (exact) mass is 224 g/mol. The Morgan fingerprint density at radius 2 is 1.94 bits per heavy atom. The maximum absolute atomic E-state index is 11.9. The fourth-order valence-corrected chi connectivity index (χ4v) is 2.99. The largest absolute Gasteiger partial charge is 0.352 e. The van der Waals surface area contributed by atoms with Crippen LogP contribution in [0.15, 0.2) is 0 Å². The van der Waals surface area contributed by atoms with Crippen molar-refractivity contribution in [3.05, 3.63) is 0 Å². The third kappa shape index (κ3) is 2.97. The minimum absolute atomic E-state index is 0.0750. The van der Waals surface area contributed by atoms with E-state index in [2.05, 4.69) is 17.6 Å². The Hall–Kier alpha value is -0.570. The molecule has 1 amide bonds. The van der Waals surface area contributed by atoms with Gasteiger partial charge >= 0.3 is 0 Å². The van der Waals surface area contributed by atoms with E-state index in [0.29, 0.717) is 12.0 Å². The van der Waals surface area contributed by atoms with Crippen LogP contribution >= 0.6 is 0 Å². The average molecular weight is 224 g/mol. The molecule has 2 aliphatic rings. The van der Waals surface area contributed by atoms with Gasteiger partial charge in [-0.3, -0.25) is 4.79 Å². The molecule has 2 rings (SSSR count). The van der Waals surface area contributed by atoms with Crippen LogP contribution < -0.4 is 10.6 Å². The fourth-order valence-electron chi connectivity index (χ4n) is 2.99. The van der Waals surface area contributed by atoms with Crippen molar-refractivity contribution in [3.63, 3.8) is 0 Å². The van der Waals surface area contributed by atoms with Crippen molar-refractivity contribution in [2.75, 3.05) is 6.54 Å². The summed E-state index contributed by atoms with van der Waals surface area (Å²) in [6, 6.07) is 0.432. The Morgan fingerprint density at radius 1 is 1.19 bits per heavy atom. The molecule has 0 radical (unpaired) electrons. The van der Waals surface area contributed by atoms with E-state index in [1.807, 2.05) is 0 Å². The number of hydrogen-bond donors (Lipinski definition) is 2. The highest BCUT2D eigenvalue weighted by atomic mass is 16.2. The van der Waals surface area contributed by atoms with Crippen LogP contribution in [0.5, 0.6) is 0 Å². The average Bonchev–Trinajstić information content (AvgIpc) is 2.83. The van der Waals surface area contributed by atoms with E-state index in [-0.39, 0.29) is 11.9 Å². The molecule has 3 heteroatoms. The van der Waals surface area contributed by atoms with Crippen molar-refractivity contribution in [1.29, 1.82) is 0 Å². The summed E-state index contributed by atoms with van der Waals surface area (Å²) in [5, 5.41) is 6.44. The lowest BCUT2D eigenvalue weighted by atomic mass is 9.84. The van der Waals surface area contributed by atoms with Gasteiger partial charge in [0.1, 0.15) is 0 Å². The fraction of sp³-hybridized carbons (Fsp3) is 0.923. The summed E-state index contributed by atoms with van der Waals surface area (Å²) < 4.78 is 0. The highest BCUT2D eigenvalue weighted by molar-refractivity contribution is 5.82. The van der Waals surface area contributed by atoms with E-state index in [4.69, 9.17) is 0 Å². The lowest BCUT2D eigenvalue weighted by Gasteiger charge is -2.29. The molecule has 1 saturated carbocycles. The topological polar surface area (TPSA) is 41.1 Å². The smallest absolute Gasteiger partial charge is 0.237 e. The molecule has 1 aliphatic heterocycles. The van der Waals surface area contributed by atoms with Crippen LogP contribution in [0.25, 0.3) is 0 Å². The first-order valence-electron chi connectivity index (χ1n) is 6.81. The quantitative estimate of drug-likeness (QED) is 0.768. The molecule has 1 unspecified atom stereocenters. The third-order valence-electron chi connectivity index (χ3n) is 4.10. The Morgan fingerprint density at radius 3 is 2.56 bits per heavy atom. The number of carbonyl (C=O) groups is 1. The molecule has 1 saturated heterocycles. The predicted molar refractivity (Wildman–Crippen MR) is 65.2 cm³/mol. The summed E-state index contributed by atoms with van der Waals surface area (Å²) in [6.45, 7) is 3.17. The second-order valence-electron chi connectivity index (χ2n) is 5.34. The molecule has 16 heavy (non-hydrogen) atoms. The Balaban J connectivity index is 1.76.